The van der Waals surface area contributed by atoms with Crippen molar-refractivity contribution in [2.75, 3.05) is 13.1 Å². The topological polar surface area (TPSA) is 42.4 Å². The monoisotopic (exact) mass is 372 g/mol. The lowest BCUT2D eigenvalue weighted by molar-refractivity contribution is 0.0737. The summed E-state index contributed by atoms with van der Waals surface area (Å²) in [6.07, 6.45) is 6.55. The van der Waals surface area contributed by atoms with Crippen molar-refractivity contribution in [2.45, 2.75) is 26.2 Å². The molecular formula is C24H24N2O2. The first kappa shape index (κ1) is 18.2. The molecule has 1 aromatic heterocycles. The third kappa shape index (κ3) is 3.91. The van der Waals surface area contributed by atoms with E-state index in [0.717, 1.165) is 60.4 Å². The van der Waals surface area contributed by atoms with Gasteiger partial charge in [-0.3, -0.25) is 9.78 Å². The number of ether oxygens (including phenoxy) is 1. The van der Waals surface area contributed by atoms with Gasteiger partial charge in [0.15, 0.2) is 0 Å². The van der Waals surface area contributed by atoms with Crippen LogP contribution in [0, 0.1) is 0 Å². The molecule has 3 aromatic rings. The SMILES string of the molecule is CCCCN1CCc2cc(Oc3cncc(-c4ccccc4)c3)ccc2C1=O. The summed E-state index contributed by atoms with van der Waals surface area (Å²) in [5.41, 5.74) is 3.97. The number of pyridine rings is 1. The number of carbonyl (C=O) groups excluding carboxylic acids is 1. The number of unbranched alkanes of at least 4 members (excludes halogenated alkanes) is 1. The molecule has 1 aliphatic heterocycles. The summed E-state index contributed by atoms with van der Waals surface area (Å²) in [6, 6.07) is 17.8. The normalized spacial score (nSPS) is 13.3. The fraction of sp³-hybridized carbons (Fsp3) is 0.250. The zero-order valence-electron chi connectivity index (χ0n) is 16.1. The van der Waals surface area contributed by atoms with Gasteiger partial charge in [0.05, 0.1) is 6.20 Å². The molecule has 0 N–H and O–H groups in total. The van der Waals surface area contributed by atoms with E-state index in [1.165, 1.54) is 0 Å². The predicted molar refractivity (Wildman–Crippen MR) is 111 cm³/mol. The summed E-state index contributed by atoms with van der Waals surface area (Å²) in [7, 11) is 0. The number of hydrogen-bond acceptors (Lipinski definition) is 3. The second-order valence-corrected chi connectivity index (χ2v) is 7.09. The molecule has 0 radical (unpaired) electrons. The molecule has 1 aliphatic rings. The Morgan fingerprint density at radius 1 is 1.00 bits per heavy atom. The Balaban J connectivity index is 1.52. The van der Waals surface area contributed by atoms with E-state index in [4.69, 9.17) is 4.74 Å². The first-order valence-corrected chi connectivity index (χ1v) is 9.85. The van der Waals surface area contributed by atoms with Crippen molar-refractivity contribution in [1.29, 1.82) is 0 Å². The van der Waals surface area contributed by atoms with E-state index in [0.29, 0.717) is 5.75 Å². The van der Waals surface area contributed by atoms with Gasteiger partial charge >= 0.3 is 0 Å². The second-order valence-electron chi connectivity index (χ2n) is 7.09. The lowest BCUT2D eigenvalue weighted by Crippen LogP contribution is -2.38. The highest BCUT2D eigenvalue weighted by atomic mass is 16.5. The summed E-state index contributed by atoms with van der Waals surface area (Å²) in [5.74, 6) is 1.56. The quantitative estimate of drug-likeness (QED) is 0.586. The molecule has 4 rings (SSSR count). The molecule has 1 amide bonds. The number of hydrogen-bond donors (Lipinski definition) is 0. The number of amides is 1. The maximum absolute atomic E-state index is 12.7. The first-order chi connectivity index (χ1) is 13.7. The van der Waals surface area contributed by atoms with Crippen LogP contribution < -0.4 is 4.74 Å². The van der Waals surface area contributed by atoms with Gasteiger partial charge in [0.1, 0.15) is 11.5 Å². The second kappa shape index (κ2) is 8.26. The van der Waals surface area contributed by atoms with Crippen LogP contribution in [0.25, 0.3) is 11.1 Å². The summed E-state index contributed by atoms with van der Waals surface area (Å²) in [4.78, 5) is 18.9. The number of benzene rings is 2. The van der Waals surface area contributed by atoms with Crippen molar-refractivity contribution in [2.24, 2.45) is 0 Å². The third-order valence-electron chi connectivity index (χ3n) is 5.08. The molecule has 0 spiro atoms. The Kier molecular flexibility index (Phi) is 5.38. The molecule has 142 valence electrons. The molecule has 0 saturated carbocycles. The highest BCUT2D eigenvalue weighted by Gasteiger charge is 2.24. The Morgan fingerprint density at radius 2 is 1.86 bits per heavy atom. The van der Waals surface area contributed by atoms with Crippen molar-refractivity contribution < 1.29 is 9.53 Å². The van der Waals surface area contributed by atoms with Crippen molar-refractivity contribution in [3.63, 3.8) is 0 Å². The maximum Gasteiger partial charge on any atom is 0.254 e. The molecular weight excluding hydrogens is 348 g/mol. The average molecular weight is 372 g/mol. The molecule has 0 saturated heterocycles. The van der Waals surface area contributed by atoms with Crippen molar-refractivity contribution in [3.8, 4) is 22.6 Å². The van der Waals surface area contributed by atoms with E-state index in [2.05, 4.69) is 24.0 Å². The van der Waals surface area contributed by atoms with Crippen LogP contribution in [0.1, 0.15) is 35.7 Å². The number of nitrogens with zero attached hydrogens (tertiary/aromatic N) is 2. The van der Waals surface area contributed by atoms with Crippen LogP contribution in [0.2, 0.25) is 0 Å². The largest absolute Gasteiger partial charge is 0.456 e. The Bertz CT molecular complexity index is 969. The number of carbonyl (C=O) groups is 1. The minimum atomic E-state index is 0.133. The fourth-order valence-corrected chi connectivity index (χ4v) is 3.54. The zero-order chi connectivity index (χ0) is 19.3. The van der Waals surface area contributed by atoms with E-state index >= 15 is 0 Å². The Morgan fingerprint density at radius 3 is 2.68 bits per heavy atom. The van der Waals surface area contributed by atoms with Crippen molar-refractivity contribution in [3.05, 3.63) is 78.1 Å². The van der Waals surface area contributed by atoms with Gasteiger partial charge in [-0.1, -0.05) is 43.7 Å². The highest BCUT2D eigenvalue weighted by molar-refractivity contribution is 5.97. The molecule has 4 nitrogen and oxygen atoms in total. The van der Waals surface area contributed by atoms with Crippen LogP contribution in [0.15, 0.2) is 67.0 Å². The number of fused-ring (bicyclic) bond motifs is 1. The highest BCUT2D eigenvalue weighted by Crippen LogP contribution is 2.29. The molecule has 0 fully saturated rings. The van der Waals surface area contributed by atoms with Gasteiger partial charge in [0.25, 0.3) is 5.91 Å². The average Bonchev–Trinajstić information content (AvgIpc) is 2.74. The predicted octanol–water partition coefficient (Wildman–Crippen LogP) is 5.34. The van der Waals surface area contributed by atoms with E-state index in [-0.39, 0.29) is 5.91 Å². The van der Waals surface area contributed by atoms with Gasteiger partial charge in [-0.05, 0) is 48.2 Å². The molecule has 0 unspecified atom stereocenters. The van der Waals surface area contributed by atoms with Crippen molar-refractivity contribution >= 4 is 5.91 Å². The molecule has 2 aromatic carbocycles. The molecule has 2 heterocycles. The molecule has 0 bridgehead atoms. The van der Waals surface area contributed by atoms with Gasteiger partial charge in [-0.2, -0.15) is 0 Å². The lowest BCUT2D eigenvalue weighted by atomic mass is 9.98. The van der Waals surface area contributed by atoms with Crippen LogP contribution >= 0.6 is 0 Å². The summed E-state index contributed by atoms with van der Waals surface area (Å²) >= 11 is 0. The van der Waals surface area contributed by atoms with Gasteiger partial charge < -0.3 is 9.64 Å². The van der Waals surface area contributed by atoms with E-state index in [1.807, 2.05) is 53.6 Å². The summed E-state index contributed by atoms with van der Waals surface area (Å²) in [5, 5.41) is 0. The standard InChI is InChI=1S/C24H24N2O2/c1-2-3-12-26-13-11-19-14-21(9-10-23(19)24(26)27)28-22-15-20(16-25-17-22)18-7-5-4-6-8-18/h4-10,14-17H,2-3,11-13H2,1H3. The van der Waals surface area contributed by atoms with Gasteiger partial charge in [0.2, 0.25) is 0 Å². The van der Waals surface area contributed by atoms with E-state index < -0.39 is 0 Å². The zero-order valence-corrected chi connectivity index (χ0v) is 16.1. The molecule has 4 heteroatoms. The summed E-state index contributed by atoms with van der Waals surface area (Å²) in [6.45, 7) is 3.76. The van der Waals surface area contributed by atoms with E-state index in [9.17, 15) is 4.79 Å². The molecule has 28 heavy (non-hydrogen) atoms. The van der Waals surface area contributed by atoms with Crippen LogP contribution in [-0.2, 0) is 6.42 Å². The van der Waals surface area contributed by atoms with Gasteiger partial charge in [0, 0.05) is 30.4 Å². The Labute approximate surface area is 165 Å². The van der Waals surface area contributed by atoms with Gasteiger partial charge in [-0.25, -0.2) is 0 Å². The number of aromatic nitrogens is 1. The van der Waals surface area contributed by atoms with Crippen LogP contribution in [0.3, 0.4) is 0 Å². The summed E-state index contributed by atoms with van der Waals surface area (Å²) < 4.78 is 6.05. The molecule has 0 atom stereocenters. The third-order valence-corrected chi connectivity index (χ3v) is 5.08. The Hall–Kier alpha value is -3.14. The van der Waals surface area contributed by atoms with Crippen molar-refractivity contribution in [1.82, 2.24) is 9.88 Å². The number of rotatable bonds is 6. The van der Waals surface area contributed by atoms with E-state index in [1.54, 1.807) is 6.20 Å². The van der Waals surface area contributed by atoms with Crippen LogP contribution in [0.5, 0.6) is 11.5 Å². The first-order valence-electron chi connectivity index (χ1n) is 9.85. The fourth-order valence-electron chi connectivity index (χ4n) is 3.54. The smallest absolute Gasteiger partial charge is 0.254 e. The van der Waals surface area contributed by atoms with Crippen LogP contribution in [-0.4, -0.2) is 28.9 Å². The lowest BCUT2D eigenvalue weighted by Gasteiger charge is -2.28. The van der Waals surface area contributed by atoms with Crippen LogP contribution in [0.4, 0.5) is 0 Å². The maximum atomic E-state index is 12.7. The molecule has 0 aliphatic carbocycles. The van der Waals surface area contributed by atoms with Gasteiger partial charge in [-0.15, -0.1) is 0 Å². The minimum Gasteiger partial charge on any atom is -0.456 e. The minimum absolute atomic E-state index is 0.133.